The third kappa shape index (κ3) is 3.09. The summed E-state index contributed by atoms with van der Waals surface area (Å²) in [6, 6.07) is 7.67. The van der Waals surface area contributed by atoms with E-state index in [-0.39, 0.29) is 10.6 Å². The van der Waals surface area contributed by atoms with Gasteiger partial charge >= 0.3 is 0 Å². The smallest absolute Gasteiger partial charge is 0.240 e. The fourth-order valence-electron chi connectivity index (χ4n) is 1.53. The van der Waals surface area contributed by atoms with Crippen LogP contribution in [0.3, 0.4) is 0 Å². The molecule has 0 radical (unpaired) electrons. The van der Waals surface area contributed by atoms with E-state index >= 15 is 0 Å². The summed E-state index contributed by atoms with van der Waals surface area (Å²) in [6.07, 6.45) is 0. The van der Waals surface area contributed by atoms with E-state index in [0.717, 1.165) is 23.9 Å². The van der Waals surface area contributed by atoms with Crippen molar-refractivity contribution >= 4 is 27.5 Å². The van der Waals surface area contributed by atoms with Gasteiger partial charge in [0.25, 0.3) is 0 Å². The first kappa shape index (κ1) is 14.8. The molecule has 0 saturated heterocycles. The molecule has 0 heterocycles. The second-order valence-electron chi connectivity index (χ2n) is 3.89. The normalized spacial score (nSPS) is 11.6. The Kier molecular flexibility index (Phi) is 3.98. The Morgan fingerprint density at radius 3 is 2.35 bits per heavy atom. The highest BCUT2D eigenvalue weighted by Gasteiger charge is 2.15. The highest BCUT2D eigenvalue weighted by molar-refractivity contribution is 7.99. The molecule has 0 aliphatic carbocycles. The number of nitrogen functional groups attached to an aromatic ring is 1. The predicted octanol–water partition coefficient (Wildman–Crippen LogP) is 2.35. The molecular weight excluding hydrogens is 306 g/mol. The van der Waals surface area contributed by atoms with Gasteiger partial charge in [-0.1, -0.05) is 17.8 Å². The molecule has 2 rings (SSSR count). The van der Waals surface area contributed by atoms with E-state index < -0.39 is 21.7 Å². The van der Waals surface area contributed by atoms with Crippen LogP contribution in [0.25, 0.3) is 0 Å². The van der Waals surface area contributed by atoms with Crippen molar-refractivity contribution in [3.8, 4) is 0 Å². The first-order valence-electron chi connectivity index (χ1n) is 5.33. The number of halogens is 2. The number of para-hydroxylation sites is 1. The van der Waals surface area contributed by atoms with Crippen LogP contribution in [0.4, 0.5) is 14.5 Å². The van der Waals surface area contributed by atoms with Crippen molar-refractivity contribution < 1.29 is 17.2 Å². The van der Waals surface area contributed by atoms with E-state index in [1.165, 1.54) is 18.2 Å². The van der Waals surface area contributed by atoms with Crippen LogP contribution in [0.2, 0.25) is 0 Å². The van der Waals surface area contributed by atoms with Gasteiger partial charge in [0.15, 0.2) is 11.6 Å². The predicted molar refractivity (Wildman–Crippen MR) is 72.7 cm³/mol. The fraction of sp³-hybridized carbons (Fsp3) is 0. The molecule has 0 aromatic heterocycles. The van der Waals surface area contributed by atoms with Gasteiger partial charge in [-0.25, -0.2) is 22.3 Å². The van der Waals surface area contributed by atoms with Crippen molar-refractivity contribution in [1.29, 1.82) is 0 Å². The Balaban J connectivity index is 2.42. The van der Waals surface area contributed by atoms with E-state index in [1.54, 1.807) is 6.07 Å². The minimum absolute atomic E-state index is 0.0234. The molecule has 4 nitrogen and oxygen atoms in total. The minimum atomic E-state index is -3.94. The summed E-state index contributed by atoms with van der Waals surface area (Å²) in [5.74, 6) is -1.95. The summed E-state index contributed by atoms with van der Waals surface area (Å²) in [6.45, 7) is 0. The van der Waals surface area contributed by atoms with E-state index in [4.69, 9.17) is 10.9 Å². The largest absolute Gasteiger partial charge is 0.397 e. The maximum atomic E-state index is 13.1. The number of benzene rings is 2. The first-order valence-corrected chi connectivity index (χ1v) is 7.69. The molecule has 106 valence electrons. The Hall–Kier alpha value is -1.64. The fourth-order valence-corrected chi connectivity index (χ4v) is 3.20. The molecule has 0 bridgehead atoms. The van der Waals surface area contributed by atoms with Gasteiger partial charge in [-0.15, -0.1) is 0 Å². The lowest BCUT2D eigenvalue weighted by molar-refractivity contribution is 0.506. The number of anilines is 1. The van der Waals surface area contributed by atoms with Crippen LogP contribution in [-0.2, 0) is 10.0 Å². The standard InChI is InChI=1S/C12H10F2N2O2S2/c13-8-5-4-7(6-9(8)14)19-10-2-1-3-11(12(10)15)20(16,17)18/h1-6H,15H2,(H2,16,17,18). The van der Waals surface area contributed by atoms with Crippen molar-refractivity contribution in [2.24, 2.45) is 5.14 Å². The summed E-state index contributed by atoms with van der Waals surface area (Å²) in [5, 5.41) is 5.04. The van der Waals surface area contributed by atoms with Crippen LogP contribution < -0.4 is 10.9 Å². The zero-order chi connectivity index (χ0) is 14.9. The Morgan fingerprint density at radius 1 is 1.05 bits per heavy atom. The van der Waals surface area contributed by atoms with Gasteiger partial charge in [-0.3, -0.25) is 0 Å². The molecule has 0 aliphatic heterocycles. The molecule has 0 spiro atoms. The van der Waals surface area contributed by atoms with Crippen LogP contribution in [0, 0.1) is 11.6 Å². The van der Waals surface area contributed by atoms with Gasteiger partial charge in [-0.05, 0) is 30.3 Å². The lowest BCUT2D eigenvalue weighted by atomic mass is 10.3. The lowest BCUT2D eigenvalue weighted by Crippen LogP contribution is -2.14. The van der Waals surface area contributed by atoms with Gasteiger partial charge in [0, 0.05) is 9.79 Å². The van der Waals surface area contributed by atoms with Gasteiger partial charge < -0.3 is 5.73 Å². The highest BCUT2D eigenvalue weighted by atomic mass is 32.2. The summed E-state index contributed by atoms with van der Waals surface area (Å²) in [5.41, 5.74) is 5.71. The number of sulfonamides is 1. The number of primary sulfonamides is 1. The monoisotopic (exact) mass is 316 g/mol. The molecule has 0 amide bonds. The van der Waals surface area contributed by atoms with Crippen molar-refractivity contribution in [3.63, 3.8) is 0 Å². The lowest BCUT2D eigenvalue weighted by Gasteiger charge is -2.09. The third-order valence-corrected chi connectivity index (χ3v) is 4.49. The number of hydrogen-bond donors (Lipinski definition) is 2. The van der Waals surface area contributed by atoms with Gasteiger partial charge in [0.2, 0.25) is 10.0 Å². The number of nitrogens with two attached hydrogens (primary N) is 2. The molecular formula is C12H10F2N2O2S2. The van der Waals surface area contributed by atoms with Crippen molar-refractivity contribution in [2.75, 3.05) is 5.73 Å². The first-order chi connectivity index (χ1) is 9.29. The average molecular weight is 316 g/mol. The van der Waals surface area contributed by atoms with Gasteiger partial charge in [0.05, 0.1) is 5.69 Å². The summed E-state index contributed by atoms with van der Waals surface area (Å²) in [7, 11) is -3.94. The molecule has 4 N–H and O–H groups in total. The van der Waals surface area contributed by atoms with Crippen molar-refractivity contribution in [1.82, 2.24) is 0 Å². The summed E-state index contributed by atoms with van der Waals surface area (Å²) < 4.78 is 48.6. The number of hydrogen-bond acceptors (Lipinski definition) is 4. The van der Waals surface area contributed by atoms with Gasteiger partial charge in [0.1, 0.15) is 4.90 Å². The van der Waals surface area contributed by atoms with Crippen LogP contribution in [-0.4, -0.2) is 8.42 Å². The second kappa shape index (κ2) is 5.39. The van der Waals surface area contributed by atoms with E-state index in [2.05, 4.69) is 0 Å². The molecule has 2 aromatic rings. The Morgan fingerprint density at radius 2 is 1.75 bits per heavy atom. The average Bonchev–Trinajstić information content (AvgIpc) is 2.35. The molecule has 0 atom stereocenters. The zero-order valence-electron chi connectivity index (χ0n) is 10.0. The summed E-state index contributed by atoms with van der Waals surface area (Å²) in [4.78, 5) is 0.579. The summed E-state index contributed by atoms with van der Waals surface area (Å²) >= 11 is 1.02. The maximum absolute atomic E-state index is 13.1. The molecule has 20 heavy (non-hydrogen) atoms. The Labute approximate surface area is 118 Å². The minimum Gasteiger partial charge on any atom is -0.397 e. The van der Waals surface area contributed by atoms with Crippen molar-refractivity contribution in [3.05, 3.63) is 48.0 Å². The van der Waals surface area contributed by atoms with E-state index in [9.17, 15) is 17.2 Å². The van der Waals surface area contributed by atoms with Crippen molar-refractivity contribution in [2.45, 2.75) is 14.7 Å². The molecule has 2 aromatic carbocycles. The highest BCUT2D eigenvalue weighted by Crippen LogP contribution is 2.35. The second-order valence-corrected chi connectivity index (χ2v) is 6.54. The quantitative estimate of drug-likeness (QED) is 0.851. The zero-order valence-corrected chi connectivity index (χ0v) is 11.6. The SMILES string of the molecule is Nc1c(Sc2ccc(F)c(F)c2)cccc1S(N)(=O)=O. The number of rotatable bonds is 3. The van der Waals surface area contributed by atoms with Crippen LogP contribution in [0.1, 0.15) is 0 Å². The maximum Gasteiger partial charge on any atom is 0.240 e. The molecule has 0 unspecified atom stereocenters. The van der Waals surface area contributed by atoms with E-state index in [1.807, 2.05) is 0 Å². The van der Waals surface area contributed by atoms with Crippen LogP contribution in [0.15, 0.2) is 51.1 Å². The van der Waals surface area contributed by atoms with Crippen LogP contribution in [0.5, 0.6) is 0 Å². The molecule has 8 heteroatoms. The Bertz CT molecular complexity index is 764. The van der Waals surface area contributed by atoms with E-state index in [0.29, 0.717) is 9.79 Å². The molecule has 0 aliphatic rings. The van der Waals surface area contributed by atoms with Crippen LogP contribution >= 0.6 is 11.8 Å². The molecule has 0 saturated carbocycles. The van der Waals surface area contributed by atoms with Gasteiger partial charge in [-0.2, -0.15) is 0 Å². The molecule has 0 fully saturated rings. The topological polar surface area (TPSA) is 86.2 Å². The third-order valence-electron chi connectivity index (χ3n) is 2.45.